The number of benzene rings is 1. The number of hydrogen-bond acceptors (Lipinski definition) is 7. The first-order valence-corrected chi connectivity index (χ1v) is 7.09. The molecule has 1 atom stereocenters. The Morgan fingerprint density at radius 3 is 2.71 bits per heavy atom. The van der Waals surface area contributed by atoms with Crippen molar-refractivity contribution in [1.82, 2.24) is 19.9 Å². The summed E-state index contributed by atoms with van der Waals surface area (Å²) in [6.45, 7) is 5.25. The van der Waals surface area contributed by atoms with Crippen LogP contribution in [0, 0.1) is 0 Å². The Morgan fingerprint density at radius 1 is 1.24 bits per heavy atom. The lowest BCUT2D eigenvalue weighted by atomic mass is 10.1. The van der Waals surface area contributed by atoms with Gasteiger partial charge in [0.05, 0.1) is 11.6 Å². The van der Waals surface area contributed by atoms with E-state index < -0.39 is 0 Å². The highest BCUT2D eigenvalue weighted by molar-refractivity contribution is 5.66. The minimum absolute atomic E-state index is 0.0550. The molecule has 2 aromatic rings. The quantitative estimate of drug-likeness (QED) is 0.785. The largest absolute Gasteiger partial charge is 0.507 e. The molecule has 7 nitrogen and oxygen atoms in total. The predicted molar refractivity (Wildman–Crippen MR) is 76.6 cm³/mol. The maximum absolute atomic E-state index is 9.94. The van der Waals surface area contributed by atoms with E-state index in [1.54, 1.807) is 12.1 Å². The van der Waals surface area contributed by atoms with E-state index in [4.69, 9.17) is 10.3 Å². The molecule has 21 heavy (non-hydrogen) atoms. The van der Waals surface area contributed by atoms with Crippen molar-refractivity contribution in [2.45, 2.75) is 6.04 Å². The van der Waals surface area contributed by atoms with E-state index in [2.05, 4.69) is 19.9 Å². The van der Waals surface area contributed by atoms with Gasteiger partial charge in [-0.1, -0.05) is 5.16 Å². The molecule has 0 spiro atoms. The minimum atomic E-state index is 0.0550. The second kappa shape index (κ2) is 4.71. The predicted octanol–water partition coefficient (Wildman–Crippen LogP) is 0.697. The first kappa shape index (κ1) is 12.6. The highest BCUT2D eigenvalue weighted by Gasteiger charge is 2.35. The Morgan fingerprint density at radius 2 is 2.05 bits per heavy atom. The smallest absolute Gasteiger partial charge is 0.261 e. The van der Waals surface area contributed by atoms with Gasteiger partial charge in [0, 0.05) is 44.5 Å². The molecule has 0 aliphatic carbocycles. The number of nitrogens with two attached hydrogens (primary N) is 1. The number of fused-ring (bicyclic) bond motifs is 3. The molecule has 1 aromatic carbocycles. The SMILES string of the molecule is Nc1ccc(-c2nc(C3CN4CCN3CC4)no2)c(O)c1. The number of aromatic nitrogens is 2. The fourth-order valence-electron chi connectivity index (χ4n) is 3.07. The molecule has 3 N–H and O–H groups in total. The van der Waals surface area contributed by atoms with Crippen LogP contribution in [0.2, 0.25) is 0 Å². The molecule has 5 rings (SSSR count). The molecule has 110 valence electrons. The number of nitrogens with zero attached hydrogens (tertiary/aromatic N) is 4. The highest BCUT2D eigenvalue weighted by Crippen LogP contribution is 2.32. The number of aromatic hydroxyl groups is 1. The van der Waals surface area contributed by atoms with Crippen molar-refractivity contribution in [2.75, 3.05) is 38.5 Å². The number of phenols is 1. The number of nitrogen functional groups attached to an aromatic ring is 1. The molecule has 3 aliphatic heterocycles. The summed E-state index contributed by atoms with van der Waals surface area (Å²) in [4.78, 5) is 9.27. The van der Waals surface area contributed by atoms with Gasteiger partial charge in [-0.15, -0.1) is 0 Å². The summed E-state index contributed by atoms with van der Waals surface area (Å²) in [6, 6.07) is 5.06. The van der Waals surface area contributed by atoms with Gasteiger partial charge in [-0.2, -0.15) is 4.98 Å². The number of hydrogen-bond donors (Lipinski definition) is 2. The van der Waals surface area contributed by atoms with Gasteiger partial charge < -0.3 is 15.4 Å². The van der Waals surface area contributed by atoms with Crippen LogP contribution in [0.25, 0.3) is 11.5 Å². The van der Waals surface area contributed by atoms with E-state index in [1.807, 2.05) is 0 Å². The lowest BCUT2D eigenvalue weighted by Gasteiger charge is -2.46. The summed E-state index contributed by atoms with van der Waals surface area (Å²) < 4.78 is 5.33. The normalized spacial score (nSPS) is 27.9. The van der Waals surface area contributed by atoms with Crippen LogP contribution in [0.15, 0.2) is 22.7 Å². The van der Waals surface area contributed by atoms with E-state index in [-0.39, 0.29) is 11.8 Å². The third kappa shape index (κ3) is 2.14. The van der Waals surface area contributed by atoms with Gasteiger partial charge in [-0.25, -0.2) is 0 Å². The average molecular weight is 287 g/mol. The van der Waals surface area contributed by atoms with E-state index in [0.29, 0.717) is 23.0 Å². The van der Waals surface area contributed by atoms with Crippen molar-refractivity contribution >= 4 is 5.69 Å². The maximum Gasteiger partial charge on any atom is 0.261 e. The van der Waals surface area contributed by atoms with Gasteiger partial charge in [-0.3, -0.25) is 9.80 Å². The summed E-state index contributed by atoms with van der Waals surface area (Å²) in [7, 11) is 0. The van der Waals surface area contributed by atoms with Crippen molar-refractivity contribution in [3.05, 3.63) is 24.0 Å². The molecular weight excluding hydrogens is 270 g/mol. The first-order chi connectivity index (χ1) is 10.2. The first-order valence-electron chi connectivity index (χ1n) is 7.09. The summed E-state index contributed by atoms with van der Waals surface area (Å²) in [5.74, 6) is 1.07. The highest BCUT2D eigenvalue weighted by atomic mass is 16.5. The van der Waals surface area contributed by atoms with Crippen LogP contribution < -0.4 is 5.73 Å². The second-order valence-corrected chi connectivity index (χ2v) is 5.59. The van der Waals surface area contributed by atoms with E-state index in [1.165, 1.54) is 6.07 Å². The number of rotatable bonds is 2. The van der Waals surface area contributed by atoms with Crippen LogP contribution in [-0.4, -0.2) is 57.8 Å². The van der Waals surface area contributed by atoms with Crippen molar-refractivity contribution in [1.29, 1.82) is 0 Å². The zero-order valence-electron chi connectivity index (χ0n) is 11.6. The molecule has 1 aromatic heterocycles. The Hall–Kier alpha value is -2.12. The van der Waals surface area contributed by atoms with Gasteiger partial charge in [0.15, 0.2) is 5.82 Å². The number of phenolic OH excluding ortho intramolecular Hbond substituents is 1. The van der Waals surface area contributed by atoms with Crippen LogP contribution in [0.1, 0.15) is 11.9 Å². The lowest BCUT2D eigenvalue weighted by molar-refractivity contribution is 0.00781. The molecule has 2 bridgehead atoms. The van der Waals surface area contributed by atoms with E-state index in [0.717, 1.165) is 32.7 Å². The third-order valence-electron chi connectivity index (χ3n) is 4.27. The molecule has 3 saturated heterocycles. The third-order valence-corrected chi connectivity index (χ3v) is 4.27. The number of piperazine rings is 3. The lowest BCUT2D eigenvalue weighted by Crippen LogP contribution is -2.57. The van der Waals surface area contributed by atoms with Gasteiger partial charge >= 0.3 is 0 Å². The van der Waals surface area contributed by atoms with Crippen LogP contribution in [-0.2, 0) is 0 Å². The van der Waals surface area contributed by atoms with Gasteiger partial charge in [0.25, 0.3) is 5.89 Å². The molecule has 3 fully saturated rings. The van der Waals surface area contributed by atoms with Gasteiger partial charge in [0.2, 0.25) is 0 Å². The Balaban J connectivity index is 1.64. The van der Waals surface area contributed by atoms with Crippen molar-refractivity contribution in [3.63, 3.8) is 0 Å². The van der Waals surface area contributed by atoms with E-state index >= 15 is 0 Å². The van der Waals surface area contributed by atoms with Crippen molar-refractivity contribution in [3.8, 4) is 17.2 Å². The molecular formula is C14H17N5O2. The summed E-state index contributed by atoms with van der Waals surface area (Å²) in [6.07, 6.45) is 0. The molecule has 3 aliphatic rings. The second-order valence-electron chi connectivity index (χ2n) is 5.59. The average Bonchev–Trinajstić information content (AvgIpc) is 2.98. The molecule has 0 radical (unpaired) electrons. The molecule has 0 amide bonds. The van der Waals surface area contributed by atoms with Crippen LogP contribution >= 0.6 is 0 Å². The summed E-state index contributed by atoms with van der Waals surface area (Å²) in [5, 5.41) is 14.0. The standard InChI is InChI=1S/C14H17N5O2/c15-9-1-2-10(12(20)7-9)14-16-13(17-21-14)11-8-18-3-5-19(11)6-4-18/h1-2,7,11,20H,3-6,8,15H2. The minimum Gasteiger partial charge on any atom is -0.507 e. The van der Waals surface area contributed by atoms with Gasteiger partial charge in [0.1, 0.15) is 5.75 Å². The molecule has 7 heteroatoms. The maximum atomic E-state index is 9.94. The fraction of sp³-hybridized carbons (Fsp3) is 0.429. The molecule has 1 unspecified atom stereocenters. The van der Waals surface area contributed by atoms with Crippen LogP contribution in [0.5, 0.6) is 5.75 Å². The van der Waals surface area contributed by atoms with Crippen LogP contribution in [0.3, 0.4) is 0 Å². The zero-order chi connectivity index (χ0) is 14.4. The van der Waals surface area contributed by atoms with Gasteiger partial charge in [-0.05, 0) is 12.1 Å². The summed E-state index contributed by atoms with van der Waals surface area (Å²) >= 11 is 0. The van der Waals surface area contributed by atoms with Crippen molar-refractivity contribution < 1.29 is 9.63 Å². The number of anilines is 1. The topological polar surface area (TPSA) is 91.7 Å². The Kier molecular flexibility index (Phi) is 2.83. The van der Waals surface area contributed by atoms with Crippen molar-refractivity contribution in [2.24, 2.45) is 0 Å². The monoisotopic (exact) mass is 287 g/mol. The zero-order valence-corrected chi connectivity index (χ0v) is 11.6. The Labute approximate surface area is 122 Å². The molecule has 0 saturated carbocycles. The Bertz CT molecular complexity index is 663. The summed E-state index contributed by atoms with van der Waals surface area (Å²) in [5.41, 5.74) is 6.64. The molecule has 4 heterocycles. The van der Waals surface area contributed by atoms with Crippen LogP contribution in [0.4, 0.5) is 5.69 Å². The van der Waals surface area contributed by atoms with E-state index in [9.17, 15) is 5.11 Å². The fourth-order valence-corrected chi connectivity index (χ4v) is 3.07.